The van der Waals surface area contributed by atoms with Crippen molar-refractivity contribution in [2.45, 2.75) is 24.8 Å². The summed E-state index contributed by atoms with van der Waals surface area (Å²) in [7, 11) is -3.43. The van der Waals surface area contributed by atoms with E-state index < -0.39 is 10.0 Å². The van der Waals surface area contributed by atoms with Crippen LogP contribution >= 0.6 is 0 Å². The minimum Gasteiger partial charge on any atom is -0.347 e. The fraction of sp³-hybridized carbons (Fsp3) is 0.308. The van der Waals surface area contributed by atoms with Crippen LogP contribution in [0.3, 0.4) is 0 Å². The number of hydrogen-bond acceptors (Lipinski definition) is 3. The zero-order valence-electron chi connectivity index (χ0n) is 10.6. The third-order valence-corrected chi connectivity index (χ3v) is 5.46. The molecule has 0 atom stereocenters. The molecule has 2 aromatic rings. The highest BCUT2D eigenvalue weighted by molar-refractivity contribution is 7.89. The molecule has 1 aliphatic heterocycles. The predicted octanol–water partition coefficient (Wildman–Crippen LogP) is 1.47. The maximum absolute atomic E-state index is 12.6. The summed E-state index contributed by atoms with van der Waals surface area (Å²) in [5.41, 5.74) is 2.64. The Bertz CT molecular complexity index is 706. The van der Waals surface area contributed by atoms with Gasteiger partial charge in [0.1, 0.15) is 0 Å². The first kappa shape index (κ1) is 12.4. The van der Waals surface area contributed by atoms with Crippen molar-refractivity contribution in [1.29, 1.82) is 0 Å². The molecule has 3 rings (SSSR count). The van der Waals surface area contributed by atoms with Crippen LogP contribution in [0.5, 0.6) is 0 Å². The van der Waals surface area contributed by atoms with Gasteiger partial charge in [-0.25, -0.2) is 13.4 Å². The van der Waals surface area contributed by atoms with Crippen LogP contribution in [0.1, 0.15) is 17.0 Å². The molecule has 0 bridgehead atoms. The van der Waals surface area contributed by atoms with Crippen molar-refractivity contribution in [1.82, 2.24) is 14.3 Å². The normalized spacial score (nSPS) is 16.3. The van der Waals surface area contributed by atoms with Crippen LogP contribution in [-0.2, 0) is 23.0 Å². The molecule has 0 fully saturated rings. The lowest BCUT2D eigenvalue weighted by atomic mass is 10.2. The lowest BCUT2D eigenvalue weighted by molar-refractivity contribution is 0.385. The van der Waals surface area contributed by atoms with Crippen LogP contribution in [0.25, 0.3) is 0 Å². The highest BCUT2D eigenvalue weighted by Gasteiger charge is 2.30. The standard InChI is InChI=1S/C13H15N3O2S/c1-10-4-2-3-5-13(10)19(17,18)16-7-6-11-12(8-16)15-9-14-11/h2-5,9H,6-8H2,1H3,(H,14,15). The largest absolute Gasteiger partial charge is 0.347 e. The van der Waals surface area contributed by atoms with E-state index >= 15 is 0 Å². The summed E-state index contributed by atoms with van der Waals surface area (Å²) in [4.78, 5) is 7.58. The van der Waals surface area contributed by atoms with Crippen LogP contribution in [-0.4, -0.2) is 29.2 Å². The Morgan fingerprint density at radius 1 is 1.32 bits per heavy atom. The van der Waals surface area contributed by atoms with Gasteiger partial charge in [0.25, 0.3) is 0 Å². The number of benzene rings is 1. The molecule has 19 heavy (non-hydrogen) atoms. The summed E-state index contributed by atoms with van der Waals surface area (Å²) in [6.07, 6.45) is 2.28. The Kier molecular flexibility index (Phi) is 2.91. The number of imidazole rings is 1. The Morgan fingerprint density at radius 2 is 2.11 bits per heavy atom. The Morgan fingerprint density at radius 3 is 2.89 bits per heavy atom. The highest BCUT2D eigenvalue weighted by Crippen LogP contribution is 2.24. The lowest BCUT2D eigenvalue weighted by Gasteiger charge is -2.26. The second-order valence-corrected chi connectivity index (χ2v) is 6.59. The van der Waals surface area contributed by atoms with E-state index in [1.165, 1.54) is 4.31 Å². The number of aryl methyl sites for hydroxylation is 1. The number of H-pyrrole nitrogens is 1. The molecule has 0 saturated heterocycles. The second-order valence-electron chi connectivity index (χ2n) is 4.68. The van der Waals surface area contributed by atoms with Gasteiger partial charge in [-0.3, -0.25) is 0 Å². The van der Waals surface area contributed by atoms with Gasteiger partial charge in [-0.05, 0) is 18.6 Å². The molecule has 5 nitrogen and oxygen atoms in total. The molecule has 1 aromatic carbocycles. The Balaban J connectivity index is 1.97. The summed E-state index contributed by atoms with van der Waals surface area (Å²) in [6, 6.07) is 7.08. The summed E-state index contributed by atoms with van der Waals surface area (Å²) >= 11 is 0. The first-order valence-electron chi connectivity index (χ1n) is 6.16. The summed E-state index contributed by atoms with van der Waals surface area (Å²) < 4.78 is 26.8. The van der Waals surface area contributed by atoms with E-state index in [1.807, 2.05) is 19.1 Å². The van der Waals surface area contributed by atoms with E-state index in [1.54, 1.807) is 18.5 Å². The zero-order valence-corrected chi connectivity index (χ0v) is 11.4. The molecule has 1 N–H and O–H groups in total. The molecule has 1 aromatic heterocycles. The van der Waals surface area contributed by atoms with Gasteiger partial charge in [0.05, 0.1) is 29.2 Å². The minimum atomic E-state index is -3.43. The molecule has 0 aliphatic carbocycles. The SMILES string of the molecule is Cc1ccccc1S(=O)(=O)N1CCc2nc[nH]c2C1. The molecule has 0 saturated carbocycles. The fourth-order valence-corrected chi connectivity index (χ4v) is 4.01. The van der Waals surface area contributed by atoms with Crippen molar-refractivity contribution >= 4 is 10.0 Å². The first-order chi connectivity index (χ1) is 9.09. The summed E-state index contributed by atoms with van der Waals surface area (Å²) in [6.45, 7) is 2.67. The molecular formula is C13H15N3O2S. The van der Waals surface area contributed by atoms with Gasteiger partial charge < -0.3 is 4.98 Å². The van der Waals surface area contributed by atoms with Gasteiger partial charge >= 0.3 is 0 Å². The van der Waals surface area contributed by atoms with Gasteiger partial charge in [-0.2, -0.15) is 4.31 Å². The molecule has 0 radical (unpaired) electrons. The number of fused-ring (bicyclic) bond motifs is 1. The fourth-order valence-electron chi connectivity index (χ4n) is 2.38. The van der Waals surface area contributed by atoms with E-state index in [0.29, 0.717) is 24.4 Å². The maximum atomic E-state index is 12.6. The van der Waals surface area contributed by atoms with E-state index in [4.69, 9.17) is 0 Å². The van der Waals surface area contributed by atoms with Crippen LogP contribution < -0.4 is 0 Å². The van der Waals surface area contributed by atoms with Crippen molar-refractivity contribution < 1.29 is 8.42 Å². The van der Waals surface area contributed by atoms with E-state index in [0.717, 1.165) is 17.0 Å². The van der Waals surface area contributed by atoms with Crippen LogP contribution in [0, 0.1) is 6.92 Å². The average molecular weight is 277 g/mol. The summed E-state index contributed by atoms with van der Waals surface area (Å²) in [5.74, 6) is 0. The third-order valence-electron chi connectivity index (χ3n) is 3.45. The van der Waals surface area contributed by atoms with Crippen molar-refractivity contribution in [3.8, 4) is 0 Å². The third kappa shape index (κ3) is 2.06. The highest BCUT2D eigenvalue weighted by atomic mass is 32.2. The summed E-state index contributed by atoms with van der Waals surface area (Å²) in [5, 5.41) is 0. The number of sulfonamides is 1. The van der Waals surface area contributed by atoms with Crippen LogP contribution in [0.4, 0.5) is 0 Å². The minimum absolute atomic E-state index is 0.367. The molecule has 0 spiro atoms. The van der Waals surface area contributed by atoms with Gasteiger partial charge in [-0.1, -0.05) is 18.2 Å². The van der Waals surface area contributed by atoms with Crippen molar-refractivity contribution in [3.63, 3.8) is 0 Å². The van der Waals surface area contributed by atoms with E-state index in [-0.39, 0.29) is 0 Å². The van der Waals surface area contributed by atoms with Gasteiger partial charge in [-0.15, -0.1) is 0 Å². The molecular weight excluding hydrogens is 262 g/mol. The van der Waals surface area contributed by atoms with Crippen LogP contribution in [0.15, 0.2) is 35.5 Å². The number of hydrogen-bond donors (Lipinski definition) is 1. The Hall–Kier alpha value is -1.66. The molecule has 2 heterocycles. The van der Waals surface area contributed by atoms with Crippen molar-refractivity contribution in [2.24, 2.45) is 0 Å². The second kappa shape index (κ2) is 4.47. The monoisotopic (exact) mass is 277 g/mol. The topological polar surface area (TPSA) is 66.1 Å². The van der Waals surface area contributed by atoms with Gasteiger partial charge in [0, 0.05) is 13.0 Å². The van der Waals surface area contributed by atoms with Crippen LogP contribution in [0.2, 0.25) is 0 Å². The number of nitrogens with zero attached hydrogens (tertiary/aromatic N) is 2. The van der Waals surface area contributed by atoms with E-state index in [2.05, 4.69) is 9.97 Å². The quantitative estimate of drug-likeness (QED) is 0.904. The average Bonchev–Trinajstić information content (AvgIpc) is 2.86. The number of nitrogens with one attached hydrogen (secondary N) is 1. The predicted molar refractivity (Wildman–Crippen MR) is 71.1 cm³/mol. The van der Waals surface area contributed by atoms with E-state index in [9.17, 15) is 8.42 Å². The molecule has 100 valence electrons. The van der Waals surface area contributed by atoms with Gasteiger partial charge in [0.15, 0.2) is 0 Å². The molecule has 6 heteroatoms. The molecule has 0 amide bonds. The zero-order chi connectivity index (χ0) is 13.5. The Labute approximate surface area is 112 Å². The smallest absolute Gasteiger partial charge is 0.243 e. The number of aromatic amines is 1. The van der Waals surface area contributed by atoms with Crippen molar-refractivity contribution in [2.75, 3.05) is 6.54 Å². The molecule has 0 unspecified atom stereocenters. The number of rotatable bonds is 2. The number of aromatic nitrogens is 2. The van der Waals surface area contributed by atoms with Gasteiger partial charge in [0.2, 0.25) is 10.0 Å². The van der Waals surface area contributed by atoms with Crippen molar-refractivity contribution in [3.05, 3.63) is 47.5 Å². The first-order valence-corrected chi connectivity index (χ1v) is 7.60. The lowest BCUT2D eigenvalue weighted by Crippen LogP contribution is -2.36. The molecule has 1 aliphatic rings. The maximum Gasteiger partial charge on any atom is 0.243 e.